The van der Waals surface area contributed by atoms with Crippen molar-refractivity contribution in [1.29, 1.82) is 0 Å². The Morgan fingerprint density at radius 3 is 1.30 bits per heavy atom. The highest BCUT2D eigenvalue weighted by Crippen LogP contribution is 2.12. The summed E-state index contributed by atoms with van der Waals surface area (Å²) in [5, 5.41) is 2.15. The number of alkyl carbamates (subject to hydrolysis) is 1. The molecule has 0 aliphatic rings. The maximum atomic E-state index is 12.3. The summed E-state index contributed by atoms with van der Waals surface area (Å²) in [5.74, 6) is -10.6. The minimum Gasteiger partial charge on any atom is -0.748 e. The quantitative estimate of drug-likeness (QED) is 0.0365. The van der Waals surface area contributed by atoms with Gasteiger partial charge in [0, 0.05) is 30.6 Å². The van der Waals surface area contributed by atoms with Crippen LogP contribution in [0.3, 0.4) is 0 Å². The molecule has 0 aromatic heterocycles. The monoisotopic (exact) mass is 989 g/mol. The van der Waals surface area contributed by atoms with Crippen LogP contribution in [-0.2, 0) is 62.5 Å². The Hall–Kier alpha value is -4.65. The zero-order chi connectivity index (χ0) is 54.1. The fourth-order valence-corrected chi connectivity index (χ4v) is 2.47. The van der Waals surface area contributed by atoms with Gasteiger partial charge >= 0.3 is 35.9 Å². The summed E-state index contributed by atoms with van der Waals surface area (Å²) in [6.45, 7) is 14.0. The van der Waals surface area contributed by atoms with Crippen molar-refractivity contribution in [3.8, 4) is 0 Å². The third kappa shape index (κ3) is 86.4. The first-order valence-electron chi connectivity index (χ1n) is 19.9. The van der Waals surface area contributed by atoms with Gasteiger partial charge in [0.05, 0.1) is 113 Å². The minimum atomic E-state index is -4.41. The molecule has 0 fully saturated rings. The molecule has 1 atom stereocenters. The molecule has 0 aromatic rings. The summed E-state index contributed by atoms with van der Waals surface area (Å²) in [6, 6.07) is 0. The highest BCUT2D eigenvalue weighted by Gasteiger charge is 2.24. The fraction of sp³-hybridized carbons (Fsp3) is 0.714. The molecule has 0 radical (unpaired) electrons. The number of carbonyl (C=O) groups excluding carboxylic acids is 6. The molecule has 0 saturated heterocycles. The van der Waals surface area contributed by atoms with Gasteiger partial charge in [0.1, 0.15) is 19.3 Å². The molecule has 0 heterocycles. The summed E-state index contributed by atoms with van der Waals surface area (Å²) in [7, 11) is 21.1. The largest absolute Gasteiger partial charge is 0.748 e. The summed E-state index contributed by atoms with van der Waals surface area (Å²) in [6.07, 6.45) is -1.46. The van der Waals surface area contributed by atoms with E-state index in [9.17, 15) is 59.3 Å². The number of hydrogen-bond donors (Lipinski definition) is 1. The van der Waals surface area contributed by atoms with Gasteiger partial charge < -0.3 is 51.7 Å². The highest BCUT2D eigenvalue weighted by molar-refractivity contribution is 7.85. The van der Waals surface area contributed by atoms with Crippen LogP contribution in [0, 0.1) is 0 Å². The molecule has 390 valence electrons. The van der Waals surface area contributed by atoms with E-state index >= 15 is 0 Å². The van der Waals surface area contributed by atoms with Crippen LogP contribution in [0.4, 0.5) is 22.4 Å². The Labute approximate surface area is 390 Å². The minimum absolute atomic E-state index is 0.0207. The lowest BCUT2D eigenvalue weighted by Gasteiger charge is -2.15. The smallest absolute Gasteiger partial charge is 0.407 e. The van der Waals surface area contributed by atoms with Gasteiger partial charge in [0.2, 0.25) is 0 Å². The number of esters is 5. The average Bonchev–Trinajstić information content (AvgIpc) is 3.07. The van der Waals surface area contributed by atoms with Crippen molar-refractivity contribution in [2.24, 2.45) is 0 Å². The number of hydrogen-bond acceptors (Lipinski definition) is 15. The molecular weight excluding hydrogens is 909 g/mol. The number of nitrogens with one attached hydrogen (secondary N) is 1. The van der Waals surface area contributed by atoms with E-state index in [1.54, 1.807) is 6.92 Å². The van der Waals surface area contributed by atoms with Crippen LogP contribution in [0.15, 0.2) is 36.5 Å². The second-order valence-electron chi connectivity index (χ2n) is 18.5. The molecule has 0 aliphatic heterocycles. The molecule has 0 aromatic carbocycles. The van der Waals surface area contributed by atoms with Gasteiger partial charge in [-0.1, -0.05) is 26.7 Å². The molecule has 1 N–H and O–H groups in total. The molecule has 24 heteroatoms. The van der Waals surface area contributed by atoms with Gasteiger partial charge in [-0.25, -0.2) is 50.0 Å². The van der Waals surface area contributed by atoms with E-state index in [0.29, 0.717) is 20.3 Å². The lowest BCUT2D eigenvalue weighted by Crippen LogP contribution is -2.32. The van der Waals surface area contributed by atoms with Crippen LogP contribution < -0.4 is 5.32 Å². The van der Waals surface area contributed by atoms with E-state index in [1.165, 1.54) is 20.8 Å². The van der Waals surface area contributed by atoms with Gasteiger partial charge in [0.15, 0.2) is 19.8 Å². The predicted octanol–water partition coefficient (Wildman–Crippen LogP) is 4.12. The van der Waals surface area contributed by atoms with Crippen LogP contribution in [0.5, 0.6) is 0 Å². The highest BCUT2D eigenvalue weighted by atomic mass is 32.2. The first-order valence-corrected chi connectivity index (χ1v) is 21.5. The number of alkyl halides is 4. The summed E-state index contributed by atoms with van der Waals surface area (Å²) < 4.78 is 110. The van der Waals surface area contributed by atoms with Crippen molar-refractivity contribution in [1.82, 2.24) is 5.32 Å². The third-order valence-electron chi connectivity index (χ3n) is 4.63. The summed E-state index contributed by atoms with van der Waals surface area (Å²) >= 11 is 0. The van der Waals surface area contributed by atoms with Gasteiger partial charge in [0.25, 0.3) is 11.8 Å². The van der Waals surface area contributed by atoms with Crippen LogP contribution >= 0.6 is 0 Å². The number of carbonyl (C=O) groups is 6. The lowest BCUT2D eigenvalue weighted by atomic mass is 10.2. The van der Waals surface area contributed by atoms with E-state index in [-0.39, 0.29) is 36.3 Å². The van der Waals surface area contributed by atoms with Crippen molar-refractivity contribution in [2.75, 3.05) is 130 Å². The van der Waals surface area contributed by atoms with Crippen LogP contribution in [0.25, 0.3) is 0 Å². The second-order valence-corrected chi connectivity index (χ2v) is 20.1. The Bertz CT molecular complexity index is 1570. The van der Waals surface area contributed by atoms with Crippen LogP contribution in [0.1, 0.15) is 54.4 Å². The normalized spacial score (nSPS) is 11.5. The molecule has 0 rings (SSSR count). The van der Waals surface area contributed by atoms with Gasteiger partial charge in [-0.2, -0.15) is 0 Å². The zero-order valence-electron chi connectivity index (χ0n) is 42.4. The fourth-order valence-electron chi connectivity index (χ4n) is 2.18. The summed E-state index contributed by atoms with van der Waals surface area (Å²) in [5.41, 5.74) is 0.561. The van der Waals surface area contributed by atoms with Crippen molar-refractivity contribution in [2.45, 2.75) is 72.3 Å². The Morgan fingerprint density at radius 2 is 0.970 bits per heavy atom. The molecule has 66 heavy (non-hydrogen) atoms. The molecule has 19 nitrogen and oxygen atoms in total. The number of ether oxygens (including phenoxy) is 6. The zero-order valence-corrected chi connectivity index (χ0v) is 43.3. The first-order chi connectivity index (χ1) is 29.1. The van der Waals surface area contributed by atoms with Gasteiger partial charge in [-0.05, 0) is 27.2 Å². The number of halogens is 4. The average molecular weight is 989 g/mol. The van der Waals surface area contributed by atoms with Crippen molar-refractivity contribution in [3.05, 3.63) is 36.5 Å². The molecule has 0 spiro atoms. The maximum absolute atomic E-state index is 12.3. The molecule has 0 bridgehead atoms. The Morgan fingerprint density at radius 1 is 0.606 bits per heavy atom. The molecule has 1 unspecified atom stereocenters. The number of quaternary nitrogens is 3. The maximum Gasteiger partial charge on any atom is 0.407 e. The van der Waals surface area contributed by atoms with E-state index in [4.69, 9.17) is 4.74 Å². The Balaban J connectivity index is -0.000000177. The predicted molar refractivity (Wildman–Crippen MR) is 240 cm³/mol. The van der Waals surface area contributed by atoms with Crippen LogP contribution in [-0.4, -0.2) is 210 Å². The molecular formula is C42H80F4N4O15S+2. The molecule has 0 saturated carbocycles. The van der Waals surface area contributed by atoms with E-state index in [1.807, 2.05) is 0 Å². The Kier molecular flexibility index (Phi) is 39.3. The van der Waals surface area contributed by atoms with E-state index in [2.05, 4.69) is 133 Å². The van der Waals surface area contributed by atoms with Gasteiger partial charge in [-0.3, -0.25) is 4.79 Å². The van der Waals surface area contributed by atoms with Gasteiger partial charge in [-0.15, -0.1) is 0 Å². The number of nitrogens with zero attached hydrogens (tertiary/aromatic N) is 3. The van der Waals surface area contributed by atoms with Crippen molar-refractivity contribution in [3.63, 3.8) is 0 Å². The van der Waals surface area contributed by atoms with Crippen LogP contribution in [0.2, 0.25) is 0 Å². The van der Waals surface area contributed by atoms with E-state index < -0.39 is 96.2 Å². The standard InChI is InChI=1S/C11H18O7S.C10H15F2NO4.C9H12F2O4.3C4H12N/c1-4-9(18-11(13)8(2)3)7-10(12)17-5-6-19(14,15)16;1-7(2)8(14)16-5-4-13-9(15)17-6-10(3,11)12;1-6(2)8(13)14-4-7(12)15-5-9(3,10)11;3*1-5(2,3)4/h9H,2,4-7H2,1,3H3,(H,14,15,16);1,4-6H2,2-3H3,(H,13,15);1,4-5H2,2-3H3;3*1-4H3/q;;;3*+1/p-1. The third-order valence-corrected chi connectivity index (χ3v) is 5.30. The summed E-state index contributed by atoms with van der Waals surface area (Å²) in [4.78, 5) is 65.8. The molecule has 0 aliphatic carbocycles. The van der Waals surface area contributed by atoms with Crippen molar-refractivity contribution < 1.29 is 101 Å². The topological polar surface area (TPSA) is 227 Å². The second kappa shape index (κ2) is 35.5. The molecule has 1 amide bonds. The number of rotatable bonds is 19. The SMILES string of the molecule is C=C(C)C(=O)OC(CC)CC(=O)OCCS(=O)(=O)[O-].C=C(C)C(=O)OCC(=O)OCC(C)(F)F.C=C(C)C(=O)OCCNC(=O)OCC(C)(F)F.C[N+](C)(C)C.C[N+](C)(C)C.C[N+](C)(C)C. The first kappa shape index (κ1) is 72.9. The lowest BCUT2D eigenvalue weighted by molar-refractivity contribution is -0.849. The van der Waals surface area contributed by atoms with Crippen molar-refractivity contribution >= 4 is 46.1 Å². The number of amides is 1. The van der Waals surface area contributed by atoms with E-state index in [0.717, 1.165) is 13.4 Å².